The predicted octanol–water partition coefficient (Wildman–Crippen LogP) is 2.32. The molecule has 0 aliphatic carbocycles. The van der Waals surface area contributed by atoms with E-state index in [-0.39, 0.29) is 6.04 Å². The summed E-state index contributed by atoms with van der Waals surface area (Å²) < 4.78 is 5.23. The summed E-state index contributed by atoms with van der Waals surface area (Å²) in [5, 5.41) is 0. The molecule has 90 valence electrons. The Kier molecular flexibility index (Phi) is 3.54. The molecule has 1 atom stereocenters. The number of aromatic nitrogens is 2. The smallest absolute Gasteiger partial charge is 0.162 e. The van der Waals surface area contributed by atoms with Crippen molar-refractivity contribution >= 4 is 0 Å². The Balaban J connectivity index is 2.16. The van der Waals surface area contributed by atoms with Crippen LogP contribution in [0.25, 0.3) is 11.4 Å². The maximum Gasteiger partial charge on any atom is 0.162 e. The van der Waals surface area contributed by atoms with Crippen molar-refractivity contribution in [3.05, 3.63) is 36.0 Å². The number of hydrogen-bond acceptors (Lipinski definition) is 4. The van der Waals surface area contributed by atoms with Gasteiger partial charge in [-0.1, -0.05) is 6.92 Å². The highest BCUT2D eigenvalue weighted by Crippen LogP contribution is 2.20. The largest absolute Gasteiger partial charge is 0.469 e. The van der Waals surface area contributed by atoms with E-state index >= 15 is 0 Å². The van der Waals surface area contributed by atoms with E-state index in [2.05, 4.69) is 16.9 Å². The molecular weight excluding hydrogens is 214 g/mol. The summed E-state index contributed by atoms with van der Waals surface area (Å²) in [6.45, 7) is 3.98. The molecule has 0 spiro atoms. The summed E-state index contributed by atoms with van der Waals surface area (Å²) >= 11 is 0. The molecule has 0 radical (unpaired) electrons. The molecule has 0 aliphatic rings. The maximum absolute atomic E-state index is 5.89. The average Bonchev–Trinajstić information content (AvgIpc) is 2.76. The second-order valence-corrected chi connectivity index (χ2v) is 4.18. The van der Waals surface area contributed by atoms with Crippen LogP contribution in [0, 0.1) is 6.92 Å². The highest BCUT2D eigenvalue weighted by Gasteiger charge is 2.08. The van der Waals surface area contributed by atoms with Crippen molar-refractivity contribution in [1.29, 1.82) is 0 Å². The fourth-order valence-corrected chi connectivity index (χ4v) is 1.66. The summed E-state index contributed by atoms with van der Waals surface area (Å²) in [7, 11) is 0. The highest BCUT2D eigenvalue weighted by atomic mass is 16.3. The van der Waals surface area contributed by atoms with Crippen molar-refractivity contribution < 1.29 is 4.42 Å². The lowest BCUT2D eigenvalue weighted by atomic mass is 10.1. The molecule has 0 aliphatic heterocycles. The molecule has 0 aromatic carbocycles. The Bertz CT molecular complexity index is 476. The number of hydrogen-bond donors (Lipinski definition) is 1. The molecule has 2 rings (SSSR count). The fourth-order valence-electron chi connectivity index (χ4n) is 1.66. The van der Waals surface area contributed by atoms with Gasteiger partial charge in [-0.05, 0) is 31.4 Å². The molecule has 4 nitrogen and oxygen atoms in total. The van der Waals surface area contributed by atoms with Crippen LogP contribution < -0.4 is 5.73 Å². The average molecular weight is 231 g/mol. The van der Waals surface area contributed by atoms with Crippen LogP contribution in [-0.2, 0) is 6.42 Å². The van der Waals surface area contributed by atoms with Gasteiger partial charge in [0.2, 0.25) is 0 Å². The second kappa shape index (κ2) is 5.10. The zero-order chi connectivity index (χ0) is 12.3. The van der Waals surface area contributed by atoms with Crippen molar-refractivity contribution in [3.63, 3.8) is 0 Å². The van der Waals surface area contributed by atoms with E-state index in [0.717, 1.165) is 29.7 Å². The van der Waals surface area contributed by atoms with E-state index in [4.69, 9.17) is 10.2 Å². The molecule has 2 N–H and O–H groups in total. The first kappa shape index (κ1) is 11.8. The van der Waals surface area contributed by atoms with E-state index < -0.39 is 0 Å². The molecule has 1 unspecified atom stereocenters. The Hall–Kier alpha value is -1.68. The van der Waals surface area contributed by atoms with Crippen LogP contribution in [0.15, 0.2) is 29.1 Å². The minimum absolute atomic E-state index is 0.181. The zero-order valence-corrected chi connectivity index (χ0v) is 10.2. The van der Waals surface area contributed by atoms with Crippen molar-refractivity contribution in [2.45, 2.75) is 32.7 Å². The van der Waals surface area contributed by atoms with Crippen LogP contribution in [0.2, 0.25) is 0 Å². The molecule has 0 amide bonds. The maximum atomic E-state index is 5.89. The van der Waals surface area contributed by atoms with E-state index in [1.54, 1.807) is 6.26 Å². The standard InChI is InChI=1S/C13H17N3O/c1-3-11(14)6-10-7-15-13(16-8-10)12-4-5-17-9(12)2/h4-5,7-8,11H,3,6,14H2,1-2H3. The Morgan fingerprint density at radius 1 is 1.35 bits per heavy atom. The first-order valence-corrected chi connectivity index (χ1v) is 5.81. The lowest BCUT2D eigenvalue weighted by molar-refractivity contribution is 0.535. The summed E-state index contributed by atoms with van der Waals surface area (Å²) in [6.07, 6.45) is 7.10. The lowest BCUT2D eigenvalue weighted by Crippen LogP contribution is -2.21. The second-order valence-electron chi connectivity index (χ2n) is 4.18. The number of aryl methyl sites for hydroxylation is 1. The van der Waals surface area contributed by atoms with Gasteiger partial charge in [0.05, 0.1) is 11.8 Å². The number of nitrogens with two attached hydrogens (primary N) is 1. The summed E-state index contributed by atoms with van der Waals surface area (Å²) in [5.74, 6) is 1.54. The molecule has 0 saturated carbocycles. The van der Waals surface area contributed by atoms with Gasteiger partial charge in [-0.3, -0.25) is 0 Å². The third-order valence-electron chi connectivity index (χ3n) is 2.83. The van der Waals surface area contributed by atoms with Crippen LogP contribution in [-0.4, -0.2) is 16.0 Å². The van der Waals surface area contributed by atoms with Crippen molar-refractivity contribution in [2.75, 3.05) is 0 Å². The van der Waals surface area contributed by atoms with Crippen molar-refractivity contribution in [3.8, 4) is 11.4 Å². The Morgan fingerprint density at radius 2 is 2.06 bits per heavy atom. The number of nitrogens with zero attached hydrogens (tertiary/aromatic N) is 2. The first-order chi connectivity index (χ1) is 8.20. The van der Waals surface area contributed by atoms with Gasteiger partial charge in [0, 0.05) is 18.4 Å². The van der Waals surface area contributed by atoms with Crippen LogP contribution >= 0.6 is 0 Å². The van der Waals surface area contributed by atoms with Crippen LogP contribution in [0.5, 0.6) is 0 Å². The topological polar surface area (TPSA) is 64.9 Å². The predicted molar refractivity (Wildman–Crippen MR) is 66.4 cm³/mol. The fraction of sp³-hybridized carbons (Fsp3) is 0.385. The molecule has 2 aromatic heterocycles. The minimum Gasteiger partial charge on any atom is -0.469 e. The van der Waals surface area contributed by atoms with Crippen LogP contribution in [0.3, 0.4) is 0 Å². The summed E-state index contributed by atoms with van der Waals surface area (Å²) in [5.41, 5.74) is 7.91. The van der Waals surface area contributed by atoms with E-state index in [1.165, 1.54) is 0 Å². The molecule has 0 saturated heterocycles. The molecule has 2 heterocycles. The van der Waals surface area contributed by atoms with Gasteiger partial charge in [-0.25, -0.2) is 9.97 Å². The molecule has 4 heteroatoms. The van der Waals surface area contributed by atoms with Crippen molar-refractivity contribution in [2.24, 2.45) is 5.73 Å². The summed E-state index contributed by atoms with van der Waals surface area (Å²) in [4.78, 5) is 8.69. The van der Waals surface area contributed by atoms with Gasteiger partial charge in [-0.15, -0.1) is 0 Å². The van der Waals surface area contributed by atoms with Gasteiger partial charge >= 0.3 is 0 Å². The van der Waals surface area contributed by atoms with Gasteiger partial charge in [-0.2, -0.15) is 0 Å². The van der Waals surface area contributed by atoms with E-state index in [1.807, 2.05) is 25.4 Å². The summed E-state index contributed by atoms with van der Waals surface area (Å²) in [6, 6.07) is 2.06. The number of rotatable bonds is 4. The van der Waals surface area contributed by atoms with E-state index in [9.17, 15) is 0 Å². The third-order valence-corrected chi connectivity index (χ3v) is 2.83. The van der Waals surface area contributed by atoms with Gasteiger partial charge < -0.3 is 10.2 Å². The third kappa shape index (κ3) is 2.71. The minimum atomic E-state index is 0.181. The zero-order valence-electron chi connectivity index (χ0n) is 10.2. The first-order valence-electron chi connectivity index (χ1n) is 5.81. The molecule has 0 fully saturated rings. The normalized spacial score (nSPS) is 12.6. The van der Waals surface area contributed by atoms with Crippen LogP contribution in [0.1, 0.15) is 24.7 Å². The van der Waals surface area contributed by atoms with Gasteiger partial charge in [0.1, 0.15) is 5.76 Å². The van der Waals surface area contributed by atoms with Crippen molar-refractivity contribution in [1.82, 2.24) is 9.97 Å². The van der Waals surface area contributed by atoms with E-state index in [0.29, 0.717) is 5.82 Å². The van der Waals surface area contributed by atoms with Crippen LogP contribution in [0.4, 0.5) is 0 Å². The Labute approximate surface area is 101 Å². The van der Waals surface area contributed by atoms with Gasteiger partial charge in [0.25, 0.3) is 0 Å². The molecular formula is C13H17N3O. The molecule has 2 aromatic rings. The SMILES string of the molecule is CCC(N)Cc1cnc(-c2ccoc2C)nc1. The monoisotopic (exact) mass is 231 g/mol. The molecule has 17 heavy (non-hydrogen) atoms. The highest BCUT2D eigenvalue weighted by molar-refractivity contribution is 5.56. The Morgan fingerprint density at radius 3 is 2.59 bits per heavy atom. The quantitative estimate of drug-likeness (QED) is 0.877. The lowest BCUT2D eigenvalue weighted by Gasteiger charge is -2.07. The number of furan rings is 1. The molecule has 0 bridgehead atoms. The van der Waals surface area contributed by atoms with Gasteiger partial charge in [0.15, 0.2) is 5.82 Å².